The van der Waals surface area contributed by atoms with Crippen LogP contribution in [0.25, 0.3) is 0 Å². The van der Waals surface area contributed by atoms with Gasteiger partial charge in [-0.15, -0.1) is 11.6 Å². The molecular weight excluding hydrogens is 252 g/mol. The SMILES string of the molecule is CC(Cl)C(=O)N(C)Cc1c(F)cccc1Cl. The summed E-state index contributed by atoms with van der Waals surface area (Å²) in [6.07, 6.45) is 0. The van der Waals surface area contributed by atoms with Crippen LogP contribution in [-0.2, 0) is 11.3 Å². The van der Waals surface area contributed by atoms with Crippen LogP contribution in [0.3, 0.4) is 0 Å². The van der Waals surface area contributed by atoms with E-state index in [1.807, 2.05) is 0 Å². The van der Waals surface area contributed by atoms with Gasteiger partial charge < -0.3 is 4.90 Å². The summed E-state index contributed by atoms with van der Waals surface area (Å²) >= 11 is 11.5. The highest BCUT2D eigenvalue weighted by Gasteiger charge is 2.17. The first-order valence-electron chi connectivity index (χ1n) is 4.75. The summed E-state index contributed by atoms with van der Waals surface area (Å²) in [5.74, 6) is -0.685. The van der Waals surface area contributed by atoms with E-state index in [1.165, 1.54) is 17.0 Å². The molecular formula is C11H12Cl2FNO. The van der Waals surface area contributed by atoms with Gasteiger partial charge in [-0.1, -0.05) is 17.7 Å². The second kappa shape index (κ2) is 5.51. The van der Waals surface area contributed by atoms with Crippen LogP contribution in [-0.4, -0.2) is 23.2 Å². The van der Waals surface area contributed by atoms with Crippen LogP contribution in [0.5, 0.6) is 0 Å². The third-order valence-corrected chi connectivity index (χ3v) is 2.71. The maximum atomic E-state index is 13.4. The van der Waals surface area contributed by atoms with Crippen LogP contribution in [0.15, 0.2) is 18.2 Å². The Kier molecular flexibility index (Phi) is 4.56. The Morgan fingerprint density at radius 2 is 2.19 bits per heavy atom. The highest BCUT2D eigenvalue weighted by molar-refractivity contribution is 6.31. The van der Waals surface area contributed by atoms with Crippen LogP contribution in [0.2, 0.25) is 5.02 Å². The summed E-state index contributed by atoms with van der Waals surface area (Å²) < 4.78 is 13.4. The smallest absolute Gasteiger partial charge is 0.240 e. The molecule has 1 aromatic carbocycles. The van der Waals surface area contributed by atoms with Gasteiger partial charge in [0.05, 0.1) is 0 Å². The molecule has 0 aliphatic heterocycles. The van der Waals surface area contributed by atoms with Crippen LogP contribution < -0.4 is 0 Å². The molecule has 1 atom stereocenters. The molecule has 2 nitrogen and oxygen atoms in total. The Labute approximate surface area is 104 Å². The first kappa shape index (κ1) is 13.3. The molecule has 5 heteroatoms. The maximum absolute atomic E-state index is 13.4. The summed E-state index contributed by atoms with van der Waals surface area (Å²) in [6.45, 7) is 1.69. The van der Waals surface area contributed by atoms with E-state index in [4.69, 9.17) is 23.2 Å². The predicted octanol–water partition coefficient (Wildman–Crippen LogP) is 3.06. The van der Waals surface area contributed by atoms with Gasteiger partial charge in [0, 0.05) is 24.2 Å². The minimum absolute atomic E-state index is 0.113. The zero-order chi connectivity index (χ0) is 12.3. The van der Waals surface area contributed by atoms with Crippen molar-refractivity contribution in [2.24, 2.45) is 0 Å². The number of rotatable bonds is 3. The first-order chi connectivity index (χ1) is 7.43. The van der Waals surface area contributed by atoms with E-state index in [0.29, 0.717) is 10.6 Å². The van der Waals surface area contributed by atoms with Gasteiger partial charge in [0.15, 0.2) is 0 Å². The number of carbonyl (C=O) groups excluding carboxylic acids is 1. The van der Waals surface area contributed by atoms with Gasteiger partial charge in [0.2, 0.25) is 5.91 Å². The molecule has 0 spiro atoms. The van der Waals surface area contributed by atoms with Gasteiger partial charge in [0.25, 0.3) is 0 Å². The topological polar surface area (TPSA) is 20.3 Å². The summed E-state index contributed by atoms with van der Waals surface area (Å²) in [4.78, 5) is 12.8. The summed E-state index contributed by atoms with van der Waals surface area (Å²) in [7, 11) is 1.56. The number of hydrogen-bond acceptors (Lipinski definition) is 1. The largest absolute Gasteiger partial charge is 0.340 e. The van der Waals surface area contributed by atoms with E-state index in [-0.39, 0.29) is 12.5 Å². The van der Waals surface area contributed by atoms with Crippen molar-refractivity contribution >= 4 is 29.1 Å². The normalized spacial score (nSPS) is 12.3. The third kappa shape index (κ3) is 3.09. The van der Waals surface area contributed by atoms with Crippen molar-refractivity contribution in [2.45, 2.75) is 18.8 Å². The fourth-order valence-corrected chi connectivity index (χ4v) is 1.69. The van der Waals surface area contributed by atoms with Gasteiger partial charge in [-0.2, -0.15) is 0 Å². The van der Waals surface area contributed by atoms with Gasteiger partial charge in [-0.05, 0) is 19.1 Å². The van der Waals surface area contributed by atoms with Crippen LogP contribution >= 0.6 is 23.2 Å². The average Bonchev–Trinajstić information content (AvgIpc) is 2.22. The van der Waals surface area contributed by atoms with Crippen molar-refractivity contribution in [3.63, 3.8) is 0 Å². The Morgan fingerprint density at radius 1 is 1.56 bits per heavy atom. The summed E-state index contributed by atoms with van der Waals surface area (Å²) in [6, 6.07) is 4.42. The van der Waals surface area contributed by atoms with Gasteiger partial charge in [-0.3, -0.25) is 4.79 Å². The number of halogens is 3. The molecule has 0 N–H and O–H groups in total. The molecule has 0 aliphatic carbocycles. The van der Waals surface area contributed by atoms with Crippen molar-refractivity contribution in [1.82, 2.24) is 4.90 Å². The number of nitrogens with zero attached hydrogens (tertiary/aromatic N) is 1. The standard InChI is InChI=1S/C11H12Cl2FNO/c1-7(12)11(16)15(2)6-8-9(13)4-3-5-10(8)14/h3-5,7H,6H2,1-2H3. The second-order valence-corrected chi connectivity index (χ2v) is 4.57. The van der Waals surface area contributed by atoms with E-state index >= 15 is 0 Å². The second-order valence-electron chi connectivity index (χ2n) is 3.51. The minimum atomic E-state index is -0.629. The molecule has 0 fully saturated rings. The van der Waals surface area contributed by atoms with Crippen LogP contribution in [0, 0.1) is 5.82 Å². The van der Waals surface area contributed by atoms with E-state index in [0.717, 1.165) is 0 Å². The van der Waals surface area contributed by atoms with Crippen molar-refractivity contribution in [2.75, 3.05) is 7.05 Å². The lowest BCUT2D eigenvalue weighted by Gasteiger charge is -2.19. The molecule has 0 saturated heterocycles. The highest BCUT2D eigenvalue weighted by Crippen LogP contribution is 2.20. The van der Waals surface area contributed by atoms with E-state index < -0.39 is 11.2 Å². The maximum Gasteiger partial charge on any atom is 0.240 e. The molecule has 88 valence electrons. The van der Waals surface area contributed by atoms with Gasteiger partial charge in [-0.25, -0.2) is 4.39 Å². The Hall–Kier alpha value is -0.800. The molecule has 1 rings (SSSR count). The minimum Gasteiger partial charge on any atom is -0.340 e. The molecule has 0 saturated carbocycles. The number of alkyl halides is 1. The van der Waals surface area contributed by atoms with Crippen molar-refractivity contribution in [3.05, 3.63) is 34.6 Å². The molecule has 1 unspecified atom stereocenters. The molecule has 16 heavy (non-hydrogen) atoms. The van der Waals surface area contributed by atoms with Crippen molar-refractivity contribution in [1.29, 1.82) is 0 Å². The molecule has 0 aromatic heterocycles. The fraction of sp³-hybridized carbons (Fsp3) is 0.364. The number of carbonyl (C=O) groups is 1. The zero-order valence-corrected chi connectivity index (χ0v) is 10.5. The lowest BCUT2D eigenvalue weighted by atomic mass is 10.2. The molecule has 0 radical (unpaired) electrons. The van der Waals surface area contributed by atoms with Gasteiger partial charge in [0.1, 0.15) is 11.2 Å². The quantitative estimate of drug-likeness (QED) is 0.768. The van der Waals surface area contributed by atoms with Crippen LogP contribution in [0.4, 0.5) is 4.39 Å². The van der Waals surface area contributed by atoms with E-state index in [1.54, 1.807) is 20.0 Å². The molecule has 0 heterocycles. The van der Waals surface area contributed by atoms with Crippen molar-refractivity contribution < 1.29 is 9.18 Å². The Balaban J connectivity index is 2.85. The lowest BCUT2D eigenvalue weighted by Crippen LogP contribution is -2.32. The van der Waals surface area contributed by atoms with E-state index in [9.17, 15) is 9.18 Å². The lowest BCUT2D eigenvalue weighted by molar-refractivity contribution is -0.129. The number of amides is 1. The molecule has 1 amide bonds. The number of benzene rings is 1. The summed E-state index contributed by atoms with van der Waals surface area (Å²) in [5, 5.41) is -0.322. The Bertz CT molecular complexity index is 375. The van der Waals surface area contributed by atoms with Crippen molar-refractivity contribution in [3.8, 4) is 0 Å². The van der Waals surface area contributed by atoms with Gasteiger partial charge >= 0.3 is 0 Å². The molecule has 1 aromatic rings. The summed E-state index contributed by atoms with van der Waals surface area (Å²) in [5.41, 5.74) is 0.303. The Morgan fingerprint density at radius 3 is 2.69 bits per heavy atom. The van der Waals surface area contributed by atoms with Crippen LogP contribution in [0.1, 0.15) is 12.5 Å². The highest BCUT2D eigenvalue weighted by atomic mass is 35.5. The number of hydrogen-bond donors (Lipinski definition) is 0. The first-order valence-corrected chi connectivity index (χ1v) is 5.57. The average molecular weight is 264 g/mol. The molecule has 0 bridgehead atoms. The van der Waals surface area contributed by atoms with E-state index in [2.05, 4.69) is 0 Å². The third-order valence-electron chi connectivity index (χ3n) is 2.17. The zero-order valence-electron chi connectivity index (χ0n) is 9.01. The molecule has 0 aliphatic rings. The monoisotopic (exact) mass is 263 g/mol. The fourth-order valence-electron chi connectivity index (χ4n) is 1.30. The predicted molar refractivity (Wildman–Crippen MR) is 63.2 cm³/mol.